The van der Waals surface area contributed by atoms with E-state index in [1.165, 1.54) is 24.3 Å². The quantitative estimate of drug-likeness (QED) is 0.134. The van der Waals surface area contributed by atoms with E-state index in [0.717, 1.165) is 16.5 Å². The summed E-state index contributed by atoms with van der Waals surface area (Å²) in [5, 5.41) is 36.5. The molecule has 0 radical (unpaired) electrons. The molecule has 3 rings (SSSR count). The van der Waals surface area contributed by atoms with Gasteiger partial charge in [-0.3, -0.25) is 19.2 Å². The number of phenolic OH excluding ortho intramolecular Hbond substituents is 1. The van der Waals surface area contributed by atoms with Crippen LogP contribution in [0.1, 0.15) is 31.4 Å². The van der Waals surface area contributed by atoms with Gasteiger partial charge in [-0.1, -0.05) is 44.2 Å². The van der Waals surface area contributed by atoms with Gasteiger partial charge in [-0.2, -0.15) is 0 Å². The molecule has 1 heterocycles. The van der Waals surface area contributed by atoms with Crippen molar-refractivity contribution in [2.45, 2.75) is 57.3 Å². The fourth-order valence-electron chi connectivity index (χ4n) is 4.41. The molecule has 13 heteroatoms. The third kappa shape index (κ3) is 8.54. The van der Waals surface area contributed by atoms with Crippen LogP contribution >= 0.6 is 0 Å². The molecule has 0 aliphatic rings. The molecule has 1 aromatic heterocycles. The number of H-pyrrole nitrogens is 1. The molecule has 13 nitrogen and oxygen atoms in total. The molecule has 9 N–H and O–H groups in total. The summed E-state index contributed by atoms with van der Waals surface area (Å²) in [6.45, 7) is 3.31. The average molecular weight is 582 g/mol. The molecule has 4 unspecified atom stereocenters. The van der Waals surface area contributed by atoms with Crippen LogP contribution in [0.2, 0.25) is 0 Å². The van der Waals surface area contributed by atoms with Gasteiger partial charge in [-0.05, 0) is 41.7 Å². The summed E-state index contributed by atoms with van der Waals surface area (Å²) in [5.41, 5.74) is 8.34. The lowest BCUT2D eigenvalue weighted by Gasteiger charge is -2.26. The molecule has 42 heavy (non-hydrogen) atoms. The zero-order valence-corrected chi connectivity index (χ0v) is 23.2. The molecular weight excluding hydrogens is 546 g/mol. The number of nitrogens with one attached hydrogen (secondary N) is 4. The van der Waals surface area contributed by atoms with E-state index in [-0.39, 0.29) is 18.6 Å². The average Bonchev–Trinajstić information content (AvgIpc) is 3.33. The van der Waals surface area contributed by atoms with Gasteiger partial charge in [0.25, 0.3) is 0 Å². The lowest BCUT2D eigenvalue weighted by Crippen LogP contribution is -2.59. The number of para-hydroxylation sites is 1. The van der Waals surface area contributed by atoms with Crippen LogP contribution in [-0.2, 0) is 36.8 Å². The van der Waals surface area contributed by atoms with E-state index >= 15 is 0 Å². The number of phenols is 1. The van der Waals surface area contributed by atoms with Gasteiger partial charge in [0, 0.05) is 23.5 Å². The molecule has 224 valence electrons. The summed E-state index contributed by atoms with van der Waals surface area (Å²) >= 11 is 0. The molecular formula is C29H35N5O8. The van der Waals surface area contributed by atoms with E-state index in [2.05, 4.69) is 20.9 Å². The lowest BCUT2D eigenvalue weighted by molar-refractivity contribution is -0.143. The van der Waals surface area contributed by atoms with Gasteiger partial charge in [0.05, 0.1) is 12.5 Å². The van der Waals surface area contributed by atoms with E-state index in [1.807, 2.05) is 24.3 Å². The van der Waals surface area contributed by atoms with Crippen molar-refractivity contribution in [1.29, 1.82) is 0 Å². The first-order valence-electron chi connectivity index (χ1n) is 13.3. The van der Waals surface area contributed by atoms with Crippen LogP contribution in [0.3, 0.4) is 0 Å². The number of carbonyl (C=O) groups is 5. The predicted molar refractivity (Wildman–Crippen MR) is 152 cm³/mol. The second-order valence-electron chi connectivity index (χ2n) is 10.3. The zero-order valence-electron chi connectivity index (χ0n) is 23.2. The molecule has 0 aliphatic heterocycles. The third-order valence-corrected chi connectivity index (χ3v) is 6.70. The molecule has 0 spiro atoms. The number of aromatic amines is 1. The van der Waals surface area contributed by atoms with Crippen LogP contribution < -0.4 is 21.7 Å². The van der Waals surface area contributed by atoms with Gasteiger partial charge in [0.2, 0.25) is 17.7 Å². The van der Waals surface area contributed by atoms with Crippen LogP contribution in [0.5, 0.6) is 5.75 Å². The zero-order chi connectivity index (χ0) is 31.0. The Balaban J connectivity index is 1.68. The Labute approximate surface area is 241 Å². The van der Waals surface area contributed by atoms with Crippen molar-refractivity contribution in [3.8, 4) is 5.75 Å². The highest BCUT2D eigenvalue weighted by Gasteiger charge is 2.33. The summed E-state index contributed by atoms with van der Waals surface area (Å²) in [4.78, 5) is 65.5. The van der Waals surface area contributed by atoms with Crippen molar-refractivity contribution >= 4 is 40.6 Å². The number of hydrogen-bond donors (Lipinski definition) is 8. The maximum Gasteiger partial charge on any atom is 0.326 e. The summed E-state index contributed by atoms with van der Waals surface area (Å²) in [7, 11) is 0. The molecule has 3 aromatic rings. The minimum Gasteiger partial charge on any atom is -0.508 e. The monoisotopic (exact) mass is 581 g/mol. The van der Waals surface area contributed by atoms with Crippen LogP contribution in [-0.4, -0.2) is 74.1 Å². The van der Waals surface area contributed by atoms with Gasteiger partial charge in [0.1, 0.15) is 23.9 Å². The van der Waals surface area contributed by atoms with E-state index in [4.69, 9.17) is 5.73 Å². The summed E-state index contributed by atoms with van der Waals surface area (Å²) < 4.78 is 0. The molecule has 4 atom stereocenters. The largest absolute Gasteiger partial charge is 0.508 e. The number of aromatic nitrogens is 1. The summed E-state index contributed by atoms with van der Waals surface area (Å²) in [5.74, 6) is -5.76. The molecule has 0 saturated carbocycles. The number of carbonyl (C=O) groups excluding carboxylic acids is 3. The maximum absolute atomic E-state index is 13.2. The molecule has 0 aliphatic carbocycles. The minimum absolute atomic E-state index is 0.0235. The highest BCUT2D eigenvalue weighted by molar-refractivity contribution is 5.96. The number of rotatable bonds is 14. The molecule has 2 aromatic carbocycles. The summed E-state index contributed by atoms with van der Waals surface area (Å²) in [6, 6.07) is 7.94. The Bertz CT molecular complexity index is 1440. The van der Waals surface area contributed by atoms with Crippen LogP contribution in [0, 0.1) is 5.92 Å². The first kappa shape index (κ1) is 31.6. The van der Waals surface area contributed by atoms with Crippen molar-refractivity contribution in [1.82, 2.24) is 20.9 Å². The van der Waals surface area contributed by atoms with Gasteiger partial charge in [-0.25, -0.2) is 4.79 Å². The fourth-order valence-corrected chi connectivity index (χ4v) is 4.41. The van der Waals surface area contributed by atoms with Crippen molar-refractivity contribution in [3.05, 3.63) is 65.9 Å². The van der Waals surface area contributed by atoms with Gasteiger partial charge < -0.3 is 42.0 Å². The first-order chi connectivity index (χ1) is 19.8. The topological polar surface area (TPSA) is 224 Å². The minimum atomic E-state index is -1.63. The molecule has 0 fully saturated rings. The van der Waals surface area contributed by atoms with Crippen LogP contribution in [0.4, 0.5) is 0 Å². The first-order valence-corrected chi connectivity index (χ1v) is 13.3. The highest BCUT2D eigenvalue weighted by atomic mass is 16.4. The van der Waals surface area contributed by atoms with E-state index in [9.17, 15) is 39.3 Å². The van der Waals surface area contributed by atoms with Crippen LogP contribution in [0.15, 0.2) is 54.7 Å². The number of carboxylic acid groups (broad SMARTS) is 2. The molecule has 0 bridgehead atoms. The van der Waals surface area contributed by atoms with Crippen molar-refractivity contribution in [3.63, 3.8) is 0 Å². The number of aliphatic carboxylic acids is 2. The third-order valence-electron chi connectivity index (χ3n) is 6.70. The van der Waals surface area contributed by atoms with E-state index in [0.29, 0.717) is 5.56 Å². The normalized spacial score (nSPS) is 14.0. The van der Waals surface area contributed by atoms with E-state index < -0.39 is 66.2 Å². The van der Waals surface area contributed by atoms with Gasteiger partial charge in [0.15, 0.2) is 0 Å². The number of aromatic hydroxyl groups is 1. The number of benzene rings is 2. The van der Waals surface area contributed by atoms with Crippen molar-refractivity contribution < 1.29 is 39.3 Å². The maximum atomic E-state index is 13.2. The Morgan fingerprint density at radius 2 is 1.48 bits per heavy atom. The van der Waals surface area contributed by atoms with Gasteiger partial charge >= 0.3 is 11.9 Å². The standard InChI is InChI=1S/C29H35N5O8/c1-15(2)25(34-26(38)20(30)12-17-14-31-21-6-4-3-5-19(17)21)28(40)32-22(13-24(36)37)27(39)33-23(29(41)42)11-16-7-9-18(35)10-8-16/h3-10,14-15,20,22-23,25,31,35H,11-13,30H2,1-2H3,(H,32,40)(H,33,39)(H,34,38)(H,36,37)(H,41,42). The second-order valence-corrected chi connectivity index (χ2v) is 10.3. The van der Waals surface area contributed by atoms with Gasteiger partial charge in [-0.15, -0.1) is 0 Å². The number of fused-ring (bicyclic) bond motifs is 1. The number of nitrogens with two attached hydrogens (primary N) is 1. The second kappa shape index (κ2) is 14.1. The number of carboxylic acids is 2. The number of hydrogen-bond acceptors (Lipinski definition) is 7. The number of amides is 3. The molecule has 0 saturated heterocycles. The highest BCUT2D eigenvalue weighted by Crippen LogP contribution is 2.19. The van der Waals surface area contributed by atoms with Crippen molar-refractivity contribution in [2.75, 3.05) is 0 Å². The SMILES string of the molecule is CC(C)C(NC(=O)C(N)Cc1c[nH]c2ccccc12)C(=O)NC(CC(=O)O)C(=O)NC(Cc1ccc(O)cc1)C(=O)O. The smallest absolute Gasteiger partial charge is 0.326 e. The lowest BCUT2D eigenvalue weighted by atomic mass is 10.00. The van der Waals surface area contributed by atoms with E-state index in [1.54, 1.807) is 20.0 Å². The van der Waals surface area contributed by atoms with Crippen LogP contribution in [0.25, 0.3) is 10.9 Å². The molecule has 3 amide bonds. The predicted octanol–water partition coefficient (Wildman–Crippen LogP) is 0.656. The fraction of sp³-hybridized carbons (Fsp3) is 0.345. The Morgan fingerprint density at radius 3 is 2.10 bits per heavy atom. The summed E-state index contributed by atoms with van der Waals surface area (Å²) in [6.07, 6.45) is 0.950. The Hall–Kier alpha value is -4.91. The van der Waals surface area contributed by atoms with Crippen molar-refractivity contribution in [2.24, 2.45) is 11.7 Å². The Morgan fingerprint density at radius 1 is 0.833 bits per heavy atom. The Kier molecular flexibility index (Phi) is 10.6.